The van der Waals surface area contributed by atoms with Crippen LogP contribution in [0.2, 0.25) is 0 Å². The molecule has 17 heavy (non-hydrogen) atoms. The van der Waals surface area contributed by atoms with Crippen LogP contribution in [0.25, 0.3) is 21.2 Å². The molecule has 4 nitrogen and oxygen atoms in total. The van der Waals surface area contributed by atoms with Gasteiger partial charge in [0, 0.05) is 22.1 Å². The molecule has 1 unspecified atom stereocenters. The first-order chi connectivity index (χ1) is 8.31. The van der Waals surface area contributed by atoms with E-state index in [0.717, 1.165) is 15.7 Å². The Morgan fingerprint density at radius 3 is 2.71 bits per heavy atom. The Bertz CT molecular complexity index is 605. The Morgan fingerprint density at radius 1 is 1.18 bits per heavy atom. The smallest absolute Gasteiger partial charge is 0.0531 e. The zero-order valence-corrected chi connectivity index (χ0v) is 9.93. The lowest BCUT2D eigenvalue weighted by atomic mass is 10.1. The van der Waals surface area contributed by atoms with Gasteiger partial charge in [0.25, 0.3) is 0 Å². The molecule has 0 N–H and O–H groups in total. The van der Waals surface area contributed by atoms with Crippen LogP contribution in [-0.4, -0.2) is 16.5 Å². The van der Waals surface area contributed by atoms with E-state index in [4.69, 9.17) is 5.53 Å². The second-order valence-electron chi connectivity index (χ2n) is 3.51. The summed E-state index contributed by atoms with van der Waals surface area (Å²) in [5, 5.41) is 5.59. The van der Waals surface area contributed by atoms with E-state index < -0.39 is 10.8 Å². The summed E-state index contributed by atoms with van der Waals surface area (Å²) in [5.41, 5.74) is 8.15. The van der Waals surface area contributed by atoms with Crippen molar-refractivity contribution in [3.05, 3.63) is 52.9 Å². The summed E-state index contributed by atoms with van der Waals surface area (Å²) in [6.45, 7) is 0.260. The molecule has 2 aromatic carbocycles. The van der Waals surface area contributed by atoms with Gasteiger partial charge in [-0.2, -0.15) is 0 Å². The van der Waals surface area contributed by atoms with E-state index in [0.29, 0.717) is 5.75 Å². The Labute approximate surface area is 101 Å². The van der Waals surface area contributed by atoms with Crippen molar-refractivity contribution >= 4 is 21.6 Å². The minimum absolute atomic E-state index is 0.260. The number of benzene rings is 2. The molecule has 0 aliphatic carbocycles. The topological polar surface area (TPSA) is 65.8 Å². The van der Waals surface area contributed by atoms with Crippen molar-refractivity contribution in [2.45, 2.75) is 4.90 Å². The second kappa shape index (κ2) is 5.48. The van der Waals surface area contributed by atoms with Crippen molar-refractivity contribution in [2.75, 3.05) is 12.3 Å². The van der Waals surface area contributed by atoms with Gasteiger partial charge in [0.1, 0.15) is 0 Å². The molecule has 0 saturated carbocycles. The Morgan fingerprint density at radius 2 is 1.94 bits per heavy atom. The number of azide groups is 1. The van der Waals surface area contributed by atoms with E-state index in [-0.39, 0.29) is 6.54 Å². The van der Waals surface area contributed by atoms with Crippen LogP contribution >= 0.6 is 0 Å². The summed E-state index contributed by atoms with van der Waals surface area (Å²) < 4.78 is 11.9. The molecule has 86 valence electrons. The molecule has 0 saturated heterocycles. The van der Waals surface area contributed by atoms with Gasteiger partial charge in [0.05, 0.1) is 10.8 Å². The summed E-state index contributed by atoms with van der Waals surface area (Å²) in [4.78, 5) is 3.42. The largest absolute Gasteiger partial charge is 0.254 e. The van der Waals surface area contributed by atoms with Crippen LogP contribution in [0.5, 0.6) is 0 Å². The molecule has 2 rings (SSSR count). The standard InChI is InChI=1S/C12H11N3OS/c13-15-14-7-8-17(16)12-6-5-10-3-1-2-4-11(10)9-12/h1-6,9H,7-8H2. The van der Waals surface area contributed by atoms with Crippen LogP contribution < -0.4 is 0 Å². The number of hydrogen-bond donors (Lipinski definition) is 0. The summed E-state index contributed by atoms with van der Waals surface area (Å²) in [6, 6.07) is 13.7. The van der Waals surface area contributed by atoms with Crippen LogP contribution in [-0.2, 0) is 10.8 Å². The number of fused-ring (bicyclic) bond motifs is 1. The second-order valence-corrected chi connectivity index (χ2v) is 5.08. The van der Waals surface area contributed by atoms with Crippen molar-refractivity contribution in [3.63, 3.8) is 0 Å². The van der Waals surface area contributed by atoms with Gasteiger partial charge in [-0.25, -0.2) is 0 Å². The van der Waals surface area contributed by atoms with Gasteiger partial charge in [0.15, 0.2) is 0 Å². The van der Waals surface area contributed by atoms with Gasteiger partial charge < -0.3 is 0 Å². The molecule has 2 aromatic rings. The van der Waals surface area contributed by atoms with Crippen LogP contribution in [0.1, 0.15) is 0 Å². The van der Waals surface area contributed by atoms with Crippen molar-refractivity contribution in [2.24, 2.45) is 5.11 Å². The molecule has 5 heteroatoms. The van der Waals surface area contributed by atoms with Gasteiger partial charge in [-0.05, 0) is 28.4 Å². The summed E-state index contributed by atoms with van der Waals surface area (Å²) in [6.07, 6.45) is 0. The zero-order chi connectivity index (χ0) is 12.1. The van der Waals surface area contributed by atoms with Crippen LogP contribution in [0.4, 0.5) is 0 Å². The molecule has 0 spiro atoms. The fourth-order valence-electron chi connectivity index (χ4n) is 1.60. The molecular formula is C12H11N3OS. The number of rotatable bonds is 4. The highest BCUT2D eigenvalue weighted by molar-refractivity contribution is 7.85. The maximum absolute atomic E-state index is 11.9. The third-order valence-corrected chi connectivity index (χ3v) is 3.76. The minimum Gasteiger partial charge on any atom is -0.254 e. The summed E-state index contributed by atoms with van der Waals surface area (Å²) in [7, 11) is -1.11. The maximum Gasteiger partial charge on any atom is 0.0531 e. The van der Waals surface area contributed by atoms with E-state index in [1.807, 2.05) is 42.5 Å². The first-order valence-electron chi connectivity index (χ1n) is 5.19. The minimum atomic E-state index is -1.11. The molecule has 0 bridgehead atoms. The average Bonchev–Trinajstić information content (AvgIpc) is 2.38. The van der Waals surface area contributed by atoms with Crippen molar-refractivity contribution in [1.29, 1.82) is 0 Å². The van der Waals surface area contributed by atoms with Gasteiger partial charge >= 0.3 is 0 Å². The van der Waals surface area contributed by atoms with E-state index in [1.165, 1.54) is 0 Å². The number of hydrogen-bond acceptors (Lipinski definition) is 2. The lowest BCUT2D eigenvalue weighted by Crippen LogP contribution is -2.00. The first-order valence-corrected chi connectivity index (χ1v) is 6.51. The maximum atomic E-state index is 11.9. The van der Waals surface area contributed by atoms with Crippen LogP contribution in [0, 0.1) is 0 Å². The predicted octanol–water partition coefficient (Wildman–Crippen LogP) is 3.26. The molecule has 0 heterocycles. The van der Waals surface area contributed by atoms with E-state index in [9.17, 15) is 4.21 Å². The summed E-state index contributed by atoms with van der Waals surface area (Å²) >= 11 is 0. The highest BCUT2D eigenvalue weighted by Crippen LogP contribution is 2.17. The van der Waals surface area contributed by atoms with Crippen LogP contribution in [0.15, 0.2) is 52.5 Å². The van der Waals surface area contributed by atoms with Gasteiger partial charge in [-0.3, -0.25) is 4.21 Å². The lowest BCUT2D eigenvalue weighted by molar-refractivity contribution is 0.683. The fourth-order valence-corrected chi connectivity index (χ4v) is 2.56. The van der Waals surface area contributed by atoms with Gasteiger partial charge in [0.2, 0.25) is 0 Å². The molecular weight excluding hydrogens is 234 g/mol. The van der Waals surface area contributed by atoms with E-state index in [2.05, 4.69) is 10.0 Å². The predicted molar refractivity (Wildman–Crippen MR) is 69.2 cm³/mol. The Balaban J connectivity index is 2.23. The normalized spacial score (nSPS) is 12.0. The molecule has 0 radical (unpaired) electrons. The lowest BCUT2D eigenvalue weighted by Gasteiger charge is -2.02. The zero-order valence-electron chi connectivity index (χ0n) is 9.11. The van der Waals surface area contributed by atoms with E-state index >= 15 is 0 Å². The monoisotopic (exact) mass is 245 g/mol. The SMILES string of the molecule is [N-]=[N+]=NCCS(=O)c1ccc2ccccc2c1. The van der Waals surface area contributed by atoms with Gasteiger partial charge in [-0.1, -0.05) is 35.4 Å². The Hall–Kier alpha value is -1.84. The molecule has 0 amide bonds. The highest BCUT2D eigenvalue weighted by Gasteiger charge is 2.03. The third-order valence-electron chi connectivity index (χ3n) is 2.42. The molecule has 0 aliphatic rings. The third kappa shape index (κ3) is 2.84. The Kier molecular flexibility index (Phi) is 3.75. The first kappa shape index (κ1) is 11.6. The van der Waals surface area contributed by atoms with Crippen LogP contribution in [0.3, 0.4) is 0 Å². The van der Waals surface area contributed by atoms with Crippen molar-refractivity contribution in [3.8, 4) is 0 Å². The molecule has 0 aliphatic heterocycles. The quantitative estimate of drug-likeness (QED) is 0.463. The van der Waals surface area contributed by atoms with Crippen molar-refractivity contribution in [1.82, 2.24) is 0 Å². The van der Waals surface area contributed by atoms with Crippen molar-refractivity contribution < 1.29 is 4.21 Å². The van der Waals surface area contributed by atoms with Gasteiger partial charge in [-0.15, -0.1) is 0 Å². The molecule has 0 aromatic heterocycles. The summed E-state index contributed by atoms with van der Waals surface area (Å²) in [5.74, 6) is 0.363. The average molecular weight is 245 g/mol. The molecule has 0 fully saturated rings. The van der Waals surface area contributed by atoms with E-state index in [1.54, 1.807) is 0 Å². The highest BCUT2D eigenvalue weighted by atomic mass is 32.2. The number of nitrogens with zero attached hydrogens (tertiary/aromatic N) is 3. The fraction of sp³-hybridized carbons (Fsp3) is 0.167. The molecule has 1 atom stereocenters.